The average molecular weight is 343 g/mol. The topological polar surface area (TPSA) is 29.0 Å². The molecule has 0 fully saturated rings. The summed E-state index contributed by atoms with van der Waals surface area (Å²) in [6.45, 7) is 8.85. The molecule has 2 heterocycles. The summed E-state index contributed by atoms with van der Waals surface area (Å²) in [7, 11) is 0. The monoisotopic (exact) mass is 343 g/mol. The van der Waals surface area contributed by atoms with Crippen molar-refractivity contribution < 1.29 is 0 Å². The summed E-state index contributed by atoms with van der Waals surface area (Å²) in [5, 5.41) is 0. The minimum absolute atomic E-state index is 0.297. The van der Waals surface area contributed by atoms with E-state index >= 15 is 0 Å². The standard InChI is InChI=1S/C13H18IN3/c1-13(2,3)10-4-6-17(7-5-10)12-11(14)8-15-9-16-12/h4,8-9H,5-7H2,1-3H3. The van der Waals surface area contributed by atoms with Gasteiger partial charge < -0.3 is 4.90 Å². The Morgan fingerprint density at radius 3 is 2.65 bits per heavy atom. The smallest absolute Gasteiger partial charge is 0.145 e. The summed E-state index contributed by atoms with van der Waals surface area (Å²) < 4.78 is 1.12. The molecule has 1 aromatic rings. The van der Waals surface area contributed by atoms with Gasteiger partial charge in [0, 0.05) is 19.3 Å². The zero-order valence-electron chi connectivity index (χ0n) is 10.6. The number of rotatable bonds is 1. The third kappa shape index (κ3) is 2.97. The number of halogens is 1. The summed E-state index contributed by atoms with van der Waals surface area (Å²) in [4.78, 5) is 10.7. The fraction of sp³-hybridized carbons (Fsp3) is 0.538. The van der Waals surface area contributed by atoms with E-state index in [0.717, 1.165) is 28.9 Å². The molecule has 0 aliphatic carbocycles. The highest BCUT2D eigenvalue weighted by Gasteiger charge is 2.22. The van der Waals surface area contributed by atoms with Crippen LogP contribution in [0.2, 0.25) is 0 Å². The molecule has 0 amide bonds. The first-order chi connectivity index (χ1) is 7.98. The first-order valence-corrected chi connectivity index (χ1v) is 6.96. The molecule has 92 valence electrons. The molecule has 0 saturated carbocycles. The van der Waals surface area contributed by atoms with Gasteiger partial charge in [-0.2, -0.15) is 0 Å². The van der Waals surface area contributed by atoms with Crippen molar-refractivity contribution in [2.75, 3.05) is 18.0 Å². The van der Waals surface area contributed by atoms with Gasteiger partial charge in [0.1, 0.15) is 12.1 Å². The van der Waals surface area contributed by atoms with Crippen molar-refractivity contribution in [2.24, 2.45) is 5.41 Å². The van der Waals surface area contributed by atoms with Crippen LogP contribution in [0.25, 0.3) is 0 Å². The Morgan fingerprint density at radius 2 is 2.12 bits per heavy atom. The van der Waals surface area contributed by atoms with Crippen molar-refractivity contribution in [1.82, 2.24) is 9.97 Å². The molecule has 1 aliphatic heterocycles. The normalized spacial score (nSPS) is 16.9. The molecule has 17 heavy (non-hydrogen) atoms. The van der Waals surface area contributed by atoms with Gasteiger partial charge in [-0.1, -0.05) is 32.4 Å². The zero-order valence-corrected chi connectivity index (χ0v) is 12.7. The Morgan fingerprint density at radius 1 is 1.35 bits per heavy atom. The van der Waals surface area contributed by atoms with Gasteiger partial charge in [-0.05, 0) is 34.4 Å². The first kappa shape index (κ1) is 12.8. The maximum atomic E-state index is 4.37. The van der Waals surface area contributed by atoms with E-state index in [1.807, 2.05) is 6.20 Å². The highest BCUT2D eigenvalue weighted by molar-refractivity contribution is 14.1. The van der Waals surface area contributed by atoms with E-state index < -0.39 is 0 Å². The molecule has 0 saturated heterocycles. The van der Waals surface area contributed by atoms with Crippen molar-refractivity contribution >= 4 is 28.4 Å². The highest BCUT2D eigenvalue weighted by atomic mass is 127. The average Bonchev–Trinajstić information content (AvgIpc) is 2.29. The SMILES string of the molecule is CC(C)(C)C1=CCN(c2ncncc2I)CC1. The van der Waals surface area contributed by atoms with E-state index in [4.69, 9.17) is 0 Å². The molecule has 0 aromatic carbocycles. The van der Waals surface area contributed by atoms with E-state index in [2.05, 4.69) is 64.3 Å². The molecule has 1 aromatic heterocycles. The van der Waals surface area contributed by atoms with Crippen molar-refractivity contribution in [2.45, 2.75) is 27.2 Å². The maximum absolute atomic E-state index is 4.37. The lowest BCUT2D eigenvalue weighted by molar-refractivity contribution is 0.472. The molecule has 0 bridgehead atoms. The minimum atomic E-state index is 0.297. The van der Waals surface area contributed by atoms with Crippen LogP contribution in [0.4, 0.5) is 5.82 Å². The largest absolute Gasteiger partial charge is 0.352 e. The molecular formula is C13H18IN3. The highest BCUT2D eigenvalue weighted by Crippen LogP contribution is 2.31. The molecule has 1 aliphatic rings. The quantitative estimate of drug-likeness (QED) is 0.579. The maximum Gasteiger partial charge on any atom is 0.145 e. The Hall–Kier alpha value is -0.650. The Balaban J connectivity index is 2.15. The van der Waals surface area contributed by atoms with Crippen molar-refractivity contribution in [3.8, 4) is 0 Å². The summed E-state index contributed by atoms with van der Waals surface area (Å²) >= 11 is 2.30. The molecule has 0 radical (unpaired) electrons. The van der Waals surface area contributed by atoms with Crippen LogP contribution in [0.15, 0.2) is 24.2 Å². The van der Waals surface area contributed by atoms with E-state index in [0.29, 0.717) is 5.41 Å². The number of hydrogen-bond acceptors (Lipinski definition) is 3. The van der Waals surface area contributed by atoms with Crippen LogP contribution in [-0.2, 0) is 0 Å². The molecular weight excluding hydrogens is 325 g/mol. The third-order valence-corrected chi connectivity index (χ3v) is 3.88. The first-order valence-electron chi connectivity index (χ1n) is 5.88. The molecule has 4 heteroatoms. The Bertz CT molecular complexity index is 435. The van der Waals surface area contributed by atoms with Gasteiger partial charge in [0.2, 0.25) is 0 Å². The molecule has 0 spiro atoms. The summed E-state index contributed by atoms with van der Waals surface area (Å²) in [5.74, 6) is 1.06. The lowest BCUT2D eigenvalue weighted by Gasteiger charge is -2.33. The summed E-state index contributed by atoms with van der Waals surface area (Å²) in [6, 6.07) is 0. The van der Waals surface area contributed by atoms with Crippen LogP contribution in [-0.4, -0.2) is 23.1 Å². The summed E-state index contributed by atoms with van der Waals surface area (Å²) in [5.41, 5.74) is 1.85. The van der Waals surface area contributed by atoms with Crippen molar-refractivity contribution in [1.29, 1.82) is 0 Å². The van der Waals surface area contributed by atoms with Gasteiger partial charge in [0.05, 0.1) is 3.57 Å². The van der Waals surface area contributed by atoms with Crippen LogP contribution in [0.5, 0.6) is 0 Å². The van der Waals surface area contributed by atoms with Gasteiger partial charge in [-0.3, -0.25) is 0 Å². The summed E-state index contributed by atoms with van der Waals surface area (Å²) in [6.07, 6.45) is 6.97. The van der Waals surface area contributed by atoms with Gasteiger partial charge in [-0.25, -0.2) is 9.97 Å². The van der Waals surface area contributed by atoms with Crippen LogP contribution < -0.4 is 4.90 Å². The van der Waals surface area contributed by atoms with Crippen molar-refractivity contribution in [3.63, 3.8) is 0 Å². The second-order valence-corrected chi connectivity index (χ2v) is 6.53. The minimum Gasteiger partial charge on any atom is -0.352 e. The predicted octanol–water partition coefficient (Wildman–Crippen LogP) is 3.26. The molecule has 0 atom stereocenters. The second kappa shape index (κ2) is 4.92. The van der Waals surface area contributed by atoms with Gasteiger partial charge in [0.15, 0.2) is 0 Å². The lowest BCUT2D eigenvalue weighted by atomic mass is 9.83. The third-order valence-electron chi connectivity index (χ3n) is 3.12. The Labute approximate surface area is 116 Å². The van der Waals surface area contributed by atoms with Gasteiger partial charge in [-0.15, -0.1) is 0 Å². The van der Waals surface area contributed by atoms with Crippen LogP contribution in [0.1, 0.15) is 27.2 Å². The van der Waals surface area contributed by atoms with Gasteiger partial charge in [0.25, 0.3) is 0 Å². The Kier molecular flexibility index (Phi) is 3.70. The number of nitrogens with zero attached hydrogens (tertiary/aromatic N) is 3. The van der Waals surface area contributed by atoms with Crippen LogP contribution >= 0.6 is 22.6 Å². The number of aromatic nitrogens is 2. The van der Waals surface area contributed by atoms with E-state index in [9.17, 15) is 0 Å². The predicted molar refractivity (Wildman–Crippen MR) is 79.1 cm³/mol. The molecule has 0 N–H and O–H groups in total. The van der Waals surface area contributed by atoms with Crippen molar-refractivity contribution in [3.05, 3.63) is 27.7 Å². The number of anilines is 1. The van der Waals surface area contributed by atoms with E-state index in [1.54, 1.807) is 11.9 Å². The van der Waals surface area contributed by atoms with Gasteiger partial charge >= 0.3 is 0 Å². The molecule has 2 rings (SSSR count). The zero-order chi connectivity index (χ0) is 12.5. The molecule has 0 unspecified atom stereocenters. The second-order valence-electron chi connectivity index (χ2n) is 5.37. The lowest BCUT2D eigenvalue weighted by Crippen LogP contribution is -2.32. The van der Waals surface area contributed by atoms with Crippen LogP contribution in [0, 0.1) is 8.99 Å². The molecule has 3 nitrogen and oxygen atoms in total. The van der Waals surface area contributed by atoms with E-state index in [-0.39, 0.29) is 0 Å². The fourth-order valence-electron chi connectivity index (χ4n) is 2.08. The number of hydrogen-bond donors (Lipinski definition) is 0. The van der Waals surface area contributed by atoms with E-state index in [1.165, 1.54) is 0 Å². The fourth-order valence-corrected chi connectivity index (χ4v) is 2.72. The van der Waals surface area contributed by atoms with Crippen LogP contribution in [0.3, 0.4) is 0 Å².